The van der Waals surface area contributed by atoms with Crippen LogP contribution in [-0.4, -0.2) is 23.7 Å². The summed E-state index contributed by atoms with van der Waals surface area (Å²) in [5, 5.41) is 0. The minimum atomic E-state index is 0.152. The third-order valence-electron chi connectivity index (χ3n) is 2.24. The van der Waals surface area contributed by atoms with Crippen LogP contribution in [0.2, 0.25) is 0 Å². The molecule has 0 radical (unpaired) electrons. The van der Waals surface area contributed by atoms with E-state index in [2.05, 4.69) is 50.7 Å². The van der Waals surface area contributed by atoms with Gasteiger partial charge in [-0.05, 0) is 31.5 Å². The van der Waals surface area contributed by atoms with E-state index in [4.69, 9.17) is 9.47 Å². The zero-order chi connectivity index (χ0) is 12.7. The van der Waals surface area contributed by atoms with Crippen LogP contribution >= 0.6 is 38.5 Å². The van der Waals surface area contributed by atoms with Crippen LogP contribution in [-0.2, 0) is 9.47 Å². The zero-order valence-electron chi connectivity index (χ0n) is 10.2. The van der Waals surface area contributed by atoms with E-state index in [1.165, 1.54) is 5.56 Å². The average molecular weight is 413 g/mol. The Hall–Kier alpha value is 0.350. The summed E-state index contributed by atoms with van der Waals surface area (Å²) in [5.41, 5.74) is 1.21. The van der Waals surface area contributed by atoms with Gasteiger partial charge in [-0.2, -0.15) is 0 Å². The van der Waals surface area contributed by atoms with Crippen LogP contribution in [0.3, 0.4) is 0 Å². The van der Waals surface area contributed by atoms with Gasteiger partial charge in [-0.1, -0.05) is 50.7 Å². The van der Waals surface area contributed by atoms with E-state index in [-0.39, 0.29) is 12.2 Å². The SMILES string of the molecule is CC(C)OCCOC(CI)c1ccc(Br)cc1. The minimum absolute atomic E-state index is 0.152. The summed E-state index contributed by atoms with van der Waals surface area (Å²) >= 11 is 5.78. The Balaban J connectivity index is 2.40. The molecule has 0 aliphatic heterocycles. The third-order valence-corrected chi connectivity index (χ3v) is 3.56. The first-order valence-corrected chi connectivity index (χ1v) is 8.00. The van der Waals surface area contributed by atoms with Gasteiger partial charge < -0.3 is 9.47 Å². The van der Waals surface area contributed by atoms with Crippen molar-refractivity contribution in [3.05, 3.63) is 34.3 Å². The quantitative estimate of drug-likeness (QED) is 0.376. The molecule has 0 heterocycles. The highest BCUT2D eigenvalue weighted by atomic mass is 127. The molecule has 17 heavy (non-hydrogen) atoms. The Kier molecular flexibility index (Phi) is 7.66. The molecule has 0 amide bonds. The molecule has 1 rings (SSSR count). The Morgan fingerprint density at radius 1 is 1.12 bits per heavy atom. The molecule has 1 aromatic carbocycles. The van der Waals surface area contributed by atoms with Crippen LogP contribution in [0.1, 0.15) is 25.5 Å². The molecule has 1 unspecified atom stereocenters. The second-order valence-corrected chi connectivity index (χ2v) is 5.78. The number of hydrogen-bond acceptors (Lipinski definition) is 2. The molecule has 96 valence electrons. The van der Waals surface area contributed by atoms with Crippen molar-refractivity contribution in [2.24, 2.45) is 0 Å². The van der Waals surface area contributed by atoms with Crippen molar-refractivity contribution in [2.45, 2.75) is 26.1 Å². The van der Waals surface area contributed by atoms with E-state index in [1.54, 1.807) is 0 Å². The van der Waals surface area contributed by atoms with Gasteiger partial charge in [0.05, 0.1) is 25.4 Å². The van der Waals surface area contributed by atoms with Gasteiger partial charge in [-0.25, -0.2) is 0 Å². The number of benzene rings is 1. The molecule has 0 N–H and O–H groups in total. The second-order valence-electron chi connectivity index (χ2n) is 3.98. The van der Waals surface area contributed by atoms with Crippen molar-refractivity contribution in [2.75, 3.05) is 17.6 Å². The van der Waals surface area contributed by atoms with E-state index in [9.17, 15) is 0 Å². The molecule has 0 aliphatic rings. The molecule has 1 atom stereocenters. The molecular formula is C13H18BrIO2. The molecule has 2 nitrogen and oxygen atoms in total. The lowest BCUT2D eigenvalue weighted by Crippen LogP contribution is -2.13. The van der Waals surface area contributed by atoms with Crippen molar-refractivity contribution in [3.63, 3.8) is 0 Å². The van der Waals surface area contributed by atoms with E-state index in [0.717, 1.165) is 8.90 Å². The van der Waals surface area contributed by atoms with Gasteiger partial charge in [-0.3, -0.25) is 0 Å². The first kappa shape index (κ1) is 15.4. The van der Waals surface area contributed by atoms with Gasteiger partial charge in [0.2, 0.25) is 0 Å². The van der Waals surface area contributed by atoms with Crippen molar-refractivity contribution < 1.29 is 9.47 Å². The number of hydrogen-bond donors (Lipinski definition) is 0. The number of halogens is 2. The lowest BCUT2D eigenvalue weighted by atomic mass is 10.1. The molecule has 0 bridgehead atoms. The van der Waals surface area contributed by atoms with Crippen molar-refractivity contribution >= 4 is 38.5 Å². The maximum absolute atomic E-state index is 5.82. The third kappa shape index (κ3) is 6.18. The van der Waals surface area contributed by atoms with Gasteiger partial charge in [-0.15, -0.1) is 0 Å². The molecule has 1 aromatic rings. The zero-order valence-corrected chi connectivity index (χ0v) is 13.9. The molecule has 0 saturated heterocycles. The minimum Gasteiger partial charge on any atom is -0.376 e. The molecule has 0 spiro atoms. The highest BCUT2D eigenvalue weighted by molar-refractivity contribution is 14.1. The normalized spacial score (nSPS) is 13.0. The predicted molar refractivity (Wildman–Crippen MR) is 82.8 cm³/mol. The van der Waals surface area contributed by atoms with Crippen LogP contribution < -0.4 is 0 Å². The van der Waals surface area contributed by atoms with Crippen molar-refractivity contribution in [3.8, 4) is 0 Å². The van der Waals surface area contributed by atoms with Gasteiger partial charge in [0.25, 0.3) is 0 Å². The summed E-state index contributed by atoms with van der Waals surface area (Å²) in [6, 6.07) is 8.28. The van der Waals surface area contributed by atoms with Gasteiger partial charge >= 0.3 is 0 Å². The summed E-state index contributed by atoms with van der Waals surface area (Å²) in [6.07, 6.45) is 0.420. The van der Waals surface area contributed by atoms with Crippen LogP contribution in [0.15, 0.2) is 28.7 Å². The lowest BCUT2D eigenvalue weighted by molar-refractivity contribution is -0.00503. The van der Waals surface area contributed by atoms with Gasteiger partial charge in [0, 0.05) is 8.90 Å². The van der Waals surface area contributed by atoms with Crippen molar-refractivity contribution in [1.29, 1.82) is 0 Å². The van der Waals surface area contributed by atoms with Crippen LogP contribution in [0.4, 0.5) is 0 Å². The average Bonchev–Trinajstić information content (AvgIpc) is 2.30. The maximum atomic E-state index is 5.82. The Labute approximate surface area is 125 Å². The smallest absolute Gasteiger partial charge is 0.0915 e. The summed E-state index contributed by atoms with van der Waals surface area (Å²) in [7, 11) is 0. The van der Waals surface area contributed by atoms with E-state index < -0.39 is 0 Å². The molecule has 0 saturated carbocycles. The highest BCUT2D eigenvalue weighted by Crippen LogP contribution is 2.22. The Bertz CT molecular complexity index is 314. The summed E-state index contributed by atoms with van der Waals surface area (Å²) < 4.78 is 13.3. The summed E-state index contributed by atoms with van der Waals surface area (Å²) in [4.78, 5) is 0. The molecule has 4 heteroatoms. The second kappa shape index (κ2) is 8.45. The largest absolute Gasteiger partial charge is 0.376 e. The molecule has 0 aromatic heterocycles. The van der Waals surface area contributed by atoms with Crippen LogP contribution in [0, 0.1) is 0 Å². The fourth-order valence-corrected chi connectivity index (χ4v) is 2.41. The van der Waals surface area contributed by atoms with E-state index in [1.807, 2.05) is 26.0 Å². The number of alkyl halides is 1. The monoisotopic (exact) mass is 412 g/mol. The van der Waals surface area contributed by atoms with Gasteiger partial charge in [0.1, 0.15) is 0 Å². The molecule has 0 fully saturated rings. The van der Waals surface area contributed by atoms with Crippen LogP contribution in [0.5, 0.6) is 0 Å². The highest BCUT2D eigenvalue weighted by Gasteiger charge is 2.10. The van der Waals surface area contributed by atoms with E-state index >= 15 is 0 Å². The molecule has 0 aliphatic carbocycles. The maximum Gasteiger partial charge on any atom is 0.0915 e. The number of rotatable bonds is 7. The molecular weight excluding hydrogens is 395 g/mol. The fraction of sp³-hybridized carbons (Fsp3) is 0.538. The Morgan fingerprint density at radius 3 is 2.24 bits per heavy atom. The number of ether oxygens (including phenoxy) is 2. The van der Waals surface area contributed by atoms with Crippen LogP contribution in [0.25, 0.3) is 0 Å². The first-order chi connectivity index (χ1) is 8.13. The Morgan fingerprint density at radius 2 is 1.71 bits per heavy atom. The topological polar surface area (TPSA) is 18.5 Å². The standard InChI is InChI=1S/C13H18BrIO2/c1-10(2)16-7-8-17-13(9-15)11-3-5-12(14)6-4-11/h3-6,10,13H,7-9H2,1-2H3. The summed E-state index contributed by atoms with van der Waals surface area (Å²) in [5.74, 6) is 0. The van der Waals surface area contributed by atoms with Crippen molar-refractivity contribution in [1.82, 2.24) is 0 Å². The fourth-order valence-electron chi connectivity index (χ4n) is 1.38. The lowest BCUT2D eigenvalue weighted by Gasteiger charge is -2.16. The predicted octanol–water partition coefficient (Wildman–Crippen LogP) is 4.37. The van der Waals surface area contributed by atoms with E-state index in [0.29, 0.717) is 13.2 Å². The van der Waals surface area contributed by atoms with Gasteiger partial charge in [0.15, 0.2) is 0 Å². The summed E-state index contributed by atoms with van der Waals surface area (Å²) in [6.45, 7) is 5.36. The first-order valence-electron chi connectivity index (χ1n) is 5.68.